The third-order valence-corrected chi connectivity index (χ3v) is 1.92. The lowest BCUT2D eigenvalue weighted by molar-refractivity contribution is 1.01. The fraction of sp³-hybridized carbons (Fsp3) is 0.300. The predicted octanol–water partition coefficient (Wildman–Crippen LogP) is 1.87. The van der Waals surface area contributed by atoms with Gasteiger partial charge in [0.2, 0.25) is 5.95 Å². The van der Waals surface area contributed by atoms with Crippen LogP contribution >= 0.6 is 0 Å². The molecule has 0 saturated heterocycles. The van der Waals surface area contributed by atoms with Crippen LogP contribution in [0.3, 0.4) is 0 Å². The van der Waals surface area contributed by atoms with E-state index in [1.165, 1.54) is 0 Å². The standard InChI is InChI=1S/C10H13N5/c1-6-4-9(14-8(3)12-6)15-10-11-5-7(2)13-10/h4-5H,1-3H3,(H2,11,12,13,14,15). The van der Waals surface area contributed by atoms with Gasteiger partial charge in [-0.25, -0.2) is 15.0 Å². The van der Waals surface area contributed by atoms with E-state index in [1.54, 1.807) is 6.20 Å². The van der Waals surface area contributed by atoms with E-state index in [4.69, 9.17) is 0 Å². The average Bonchev–Trinajstić information content (AvgIpc) is 2.49. The molecule has 0 aliphatic carbocycles. The number of H-pyrrole nitrogens is 1. The Morgan fingerprint density at radius 1 is 1.20 bits per heavy atom. The summed E-state index contributed by atoms with van der Waals surface area (Å²) in [6, 6.07) is 1.88. The van der Waals surface area contributed by atoms with Crippen molar-refractivity contribution in [2.24, 2.45) is 0 Å². The molecule has 0 saturated carbocycles. The molecule has 0 aliphatic heterocycles. The van der Waals surface area contributed by atoms with Crippen molar-refractivity contribution >= 4 is 11.8 Å². The molecule has 15 heavy (non-hydrogen) atoms. The molecule has 0 radical (unpaired) electrons. The summed E-state index contributed by atoms with van der Waals surface area (Å²) >= 11 is 0. The summed E-state index contributed by atoms with van der Waals surface area (Å²) in [6.45, 7) is 5.76. The van der Waals surface area contributed by atoms with Gasteiger partial charge in [-0.1, -0.05) is 0 Å². The molecule has 0 unspecified atom stereocenters. The van der Waals surface area contributed by atoms with Gasteiger partial charge in [-0.15, -0.1) is 0 Å². The second kappa shape index (κ2) is 3.68. The molecule has 0 aliphatic rings. The highest BCUT2D eigenvalue weighted by molar-refractivity contribution is 5.48. The summed E-state index contributed by atoms with van der Waals surface area (Å²) in [6.07, 6.45) is 1.77. The molecule has 0 aromatic carbocycles. The van der Waals surface area contributed by atoms with Gasteiger partial charge in [0.1, 0.15) is 11.6 Å². The number of hydrogen-bond donors (Lipinski definition) is 2. The Hall–Kier alpha value is -1.91. The van der Waals surface area contributed by atoms with Gasteiger partial charge in [-0.05, 0) is 20.8 Å². The number of rotatable bonds is 2. The number of aromatic nitrogens is 4. The first-order valence-electron chi connectivity index (χ1n) is 4.74. The van der Waals surface area contributed by atoms with Crippen LogP contribution in [0.25, 0.3) is 0 Å². The van der Waals surface area contributed by atoms with Crippen LogP contribution in [0.5, 0.6) is 0 Å². The highest BCUT2D eigenvalue weighted by Gasteiger charge is 2.01. The van der Waals surface area contributed by atoms with Gasteiger partial charge < -0.3 is 10.3 Å². The maximum Gasteiger partial charge on any atom is 0.205 e. The van der Waals surface area contributed by atoms with Crippen molar-refractivity contribution in [3.8, 4) is 0 Å². The SMILES string of the molecule is Cc1cc(Nc2ncc(C)[nH]2)nc(C)n1. The van der Waals surface area contributed by atoms with Crippen LogP contribution in [-0.4, -0.2) is 19.9 Å². The molecule has 0 amide bonds. The number of nitrogens with one attached hydrogen (secondary N) is 2. The smallest absolute Gasteiger partial charge is 0.205 e. The molecule has 5 nitrogen and oxygen atoms in total. The normalized spacial score (nSPS) is 10.3. The Morgan fingerprint density at radius 2 is 2.00 bits per heavy atom. The van der Waals surface area contributed by atoms with E-state index in [0.717, 1.165) is 23.0 Å². The number of anilines is 2. The number of imidazole rings is 1. The molecular weight excluding hydrogens is 190 g/mol. The first kappa shape index (κ1) is 9.64. The highest BCUT2D eigenvalue weighted by atomic mass is 15.2. The fourth-order valence-electron chi connectivity index (χ4n) is 1.38. The molecule has 2 aromatic rings. The summed E-state index contributed by atoms with van der Waals surface area (Å²) in [4.78, 5) is 15.7. The van der Waals surface area contributed by atoms with Crippen molar-refractivity contribution in [3.63, 3.8) is 0 Å². The predicted molar refractivity (Wildman–Crippen MR) is 58.1 cm³/mol. The van der Waals surface area contributed by atoms with E-state index in [9.17, 15) is 0 Å². The zero-order valence-corrected chi connectivity index (χ0v) is 9.00. The Kier molecular flexibility index (Phi) is 2.37. The third-order valence-electron chi connectivity index (χ3n) is 1.92. The molecule has 2 aromatic heterocycles. The number of aromatic amines is 1. The number of hydrogen-bond acceptors (Lipinski definition) is 4. The van der Waals surface area contributed by atoms with Gasteiger partial charge in [-0.2, -0.15) is 0 Å². The summed E-state index contributed by atoms with van der Waals surface area (Å²) < 4.78 is 0. The molecule has 5 heteroatoms. The molecule has 0 spiro atoms. The van der Waals surface area contributed by atoms with Crippen molar-refractivity contribution in [2.45, 2.75) is 20.8 Å². The molecule has 78 valence electrons. The summed E-state index contributed by atoms with van der Waals surface area (Å²) in [7, 11) is 0. The lowest BCUT2D eigenvalue weighted by Crippen LogP contribution is -1.99. The van der Waals surface area contributed by atoms with Gasteiger partial charge >= 0.3 is 0 Å². The van der Waals surface area contributed by atoms with Crippen LogP contribution in [0.2, 0.25) is 0 Å². The zero-order chi connectivity index (χ0) is 10.8. The number of aryl methyl sites for hydroxylation is 3. The van der Waals surface area contributed by atoms with E-state index in [-0.39, 0.29) is 0 Å². The lowest BCUT2D eigenvalue weighted by Gasteiger charge is -2.03. The first-order chi connectivity index (χ1) is 7.13. The maximum absolute atomic E-state index is 4.26. The highest BCUT2D eigenvalue weighted by Crippen LogP contribution is 2.11. The van der Waals surface area contributed by atoms with Gasteiger partial charge in [0.25, 0.3) is 0 Å². The van der Waals surface area contributed by atoms with Crippen LogP contribution < -0.4 is 5.32 Å². The van der Waals surface area contributed by atoms with Gasteiger partial charge in [0.05, 0.1) is 0 Å². The maximum atomic E-state index is 4.26. The Bertz CT molecular complexity index is 454. The molecule has 2 heterocycles. The molecular formula is C10H13N5. The third kappa shape index (κ3) is 2.31. The monoisotopic (exact) mass is 203 g/mol. The molecule has 0 bridgehead atoms. The molecule has 0 fully saturated rings. The zero-order valence-electron chi connectivity index (χ0n) is 9.00. The minimum absolute atomic E-state index is 0.699. The van der Waals surface area contributed by atoms with E-state index in [1.807, 2.05) is 26.8 Å². The van der Waals surface area contributed by atoms with Crippen LogP contribution in [0.1, 0.15) is 17.2 Å². The van der Waals surface area contributed by atoms with Crippen molar-refractivity contribution in [1.82, 2.24) is 19.9 Å². The van der Waals surface area contributed by atoms with Crippen LogP contribution in [0.4, 0.5) is 11.8 Å². The summed E-state index contributed by atoms with van der Waals surface area (Å²) in [5.74, 6) is 2.21. The van der Waals surface area contributed by atoms with E-state index in [2.05, 4.69) is 25.3 Å². The van der Waals surface area contributed by atoms with E-state index < -0.39 is 0 Å². The largest absolute Gasteiger partial charge is 0.328 e. The minimum atomic E-state index is 0.699. The second-order valence-corrected chi connectivity index (χ2v) is 3.48. The Balaban J connectivity index is 2.24. The number of nitrogens with zero attached hydrogens (tertiary/aromatic N) is 3. The summed E-state index contributed by atoms with van der Waals surface area (Å²) in [5, 5.41) is 3.09. The summed E-state index contributed by atoms with van der Waals surface area (Å²) in [5.41, 5.74) is 1.95. The van der Waals surface area contributed by atoms with Gasteiger partial charge in [0.15, 0.2) is 0 Å². The molecule has 2 rings (SSSR count). The van der Waals surface area contributed by atoms with Gasteiger partial charge in [0, 0.05) is 23.7 Å². The van der Waals surface area contributed by atoms with Crippen molar-refractivity contribution in [3.05, 3.63) is 29.5 Å². The van der Waals surface area contributed by atoms with Crippen LogP contribution in [-0.2, 0) is 0 Å². The first-order valence-corrected chi connectivity index (χ1v) is 4.74. The minimum Gasteiger partial charge on any atom is -0.328 e. The van der Waals surface area contributed by atoms with Crippen molar-refractivity contribution in [2.75, 3.05) is 5.32 Å². The van der Waals surface area contributed by atoms with Crippen molar-refractivity contribution in [1.29, 1.82) is 0 Å². The second-order valence-electron chi connectivity index (χ2n) is 3.48. The van der Waals surface area contributed by atoms with E-state index in [0.29, 0.717) is 5.95 Å². The van der Waals surface area contributed by atoms with Crippen molar-refractivity contribution < 1.29 is 0 Å². The molecule has 2 N–H and O–H groups in total. The van der Waals surface area contributed by atoms with Crippen LogP contribution in [0, 0.1) is 20.8 Å². The topological polar surface area (TPSA) is 66.5 Å². The Morgan fingerprint density at radius 3 is 2.60 bits per heavy atom. The van der Waals surface area contributed by atoms with Crippen LogP contribution in [0.15, 0.2) is 12.3 Å². The van der Waals surface area contributed by atoms with Gasteiger partial charge in [-0.3, -0.25) is 0 Å². The van der Waals surface area contributed by atoms with E-state index >= 15 is 0 Å². The molecule has 0 atom stereocenters. The average molecular weight is 203 g/mol. The lowest BCUT2D eigenvalue weighted by atomic mass is 10.4. The Labute approximate surface area is 88.0 Å². The fourth-order valence-corrected chi connectivity index (χ4v) is 1.38. The quantitative estimate of drug-likeness (QED) is 0.781.